The molecule has 3 aromatic rings. The van der Waals surface area contributed by atoms with Crippen molar-refractivity contribution in [3.8, 4) is 11.1 Å². The van der Waals surface area contributed by atoms with Crippen molar-refractivity contribution >= 4 is 17.3 Å². The van der Waals surface area contributed by atoms with Gasteiger partial charge in [0, 0.05) is 17.3 Å². The molecule has 5 heteroatoms. The molecule has 0 bridgehead atoms. The molecule has 4 rings (SSSR count). The predicted molar refractivity (Wildman–Crippen MR) is 109 cm³/mol. The van der Waals surface area contributed by atoms with Gasteiger partial charge in [0.15, 0.2) is 0 Å². The number of nitrogens with zero attached hydrogens (tertiary/aromatic N) is 2. The van der Waals surface area contributed by atoms with E-state index in [4.69, 9.17) is 0 Å². The minimum atomic E-state index is -0.106. The van der Waals surface area contributed by atoms with Gasteiger partial charge in [-0.15, -0.1) is 6.58 Å². The zero-order valence-electron chi connectivity index (χ0n) is 15.2. The number of carbonyl (C=O) groups excluding carboxylic acids is 1. The van der Waals surface area contributed by atoms with Gasteiger partial charge in [0.1, 0.15) is 0 Å². The van der Waals surface area contributed by atoms with Gasteiger partial charge in [-0.05, 0) is 18.6 Å². The molecule has 0 spiro atoms. The summed E-state index contributed by atoms with van der Waals surface area (Å²) < 4.78 is 1.96. The Hall–Kier alpha value is -3.34. The van der Waals surface area contributed by atoms with Crippen LogP contribution in [0.15, 0.2) is 73.6 Å². The maximum Gasteiger partial charge on any atom is 0.226 e. The molecule has 0 unspecified atom stereocenters. The number of para-hydroxylation sites is 1. The highest BCUT2D eigenvalue weighted by Gasteiger charge is 2.22. The number of rotatable bonds is 4. The van der Waals surface area contributed by atoms with E-state index < -0.39 is 0 Å². The third-order valence-electron chi connectivity index (χ3n) is 4.95. The van der Waals surface area contributed by atoms with Crippen LogP contribution in [0.2, 0.25) is 0 Å². The van der Waals surface area contributed by atoms with Crippen LogP contribution < -0.4 is 10.6 Å². The van der Waals surface area contributed by atoms with Gasteiger partial charge in [-0.3, -0.25) is 9.48 Å². The summed E-state index contributed by atoms with van der Waals surface area (Å²) in [6, 6.07) is 16.2. The summed E-state index contributed by atoms with van der Waals surface area (Å²) in [7, 11) is 0. The Morgan fingerprint density at radius 3 is 2.81 bits per heavy atom. The SMILES string of the molecule is C=C[C@@H]1CC(=O)Nc2cccc(-c3cnn([C@H](C)c4ccccc4)c3)c2N1. The van der Waals surface area contributed by atoms with E-state index in [2.05, 4.69) is 41.4 Å². The number of benzene rings is 2. The van der Waals surface area contributed by atoms with Crippen molar-refractivity contribution in [1.29, 1.82) is 0 Å². The molecule has 5 nitrogen and oxygen atoms in total. The third-order valence-corrected chi connectivity index (χ3v) is 4.95. The molecule has 2 heterocycles. The van der Waals surface area contributed by atoms with Crippen molar-refractivity contribution in [2.45, 2.75) is 25.4 Å². The van der Waals surface area contributed by atoms with Crippen LogP contribution in [0.1, 0.15) is 24.9 Å². The molecule has 0 fully saturated rings. The third kappa shape index (κ3) is 3.36. The molecule has 0 aliphatic carbocycles. The Morgan fingerprint density at radius 2 is 2.04 bits per heavy atom. The minimum absolute atomic E-state index is 0.0169. The molecule has 1 aromatic heterocycles. The summed E-state index contributed by atoms with van der Waals surface area (Å²) in [5.74, 6) is -0.0169. The Balaban J connectivity index is 1.71. The number of fused-ring (bicyclic) bond motifs is 1. The first kappa shape index (κ1) is 17.1. The van der Waals surface area contributed by atoms with Gasteiger partial charge >= 0.3 is 0 Å². The molecular formula is C22H22N4O. The Kier molecular flexibility index (Phi) is 4.50. The largest absolute Gasteiger partial charge is 0.376 e. The maximum atomic E-state index is 12.1. The Labute approximate surface area is 158 Å². The van der Waals surface area contributed by atoms with Gasteiger partial charge in [-0.1, -0.05) is 48.5 Å². The first-order chi connectivity index (χ1) is 13.2. The van der Waals surface area contributed by atoms with Gasteiger partial charge in [0.2, 0.25) is 5.91 Å². The normalized spacial score (nSPS) is 17.2. The number of amides is 1. The van der Waals surface area contributed by atoms with Crippen molar-refractivity contribution in [1.82, 2.24) is 9.78 Å². The Bertz CT molecular complexity index is 977. The highest BCUT2D eigenvalue weighted by atomic mass is 16.1. The fourth-order valence-corrected chi connectivity index (χ4v) is 3.41. The molecule has 27 heavy (non-hydrogen) atoms. The van der Waals surface area contributed by atoms with E-state index in [0.29, 0.717) is 6.42 Å². The van der Waals surface area contributed by atoms with Crippen LogP contribution >= 0.6 is 0 Å². The number of nitrogens with one attached hydrogen (secondary N) is 2. The van der Waals surface area contributed by atoms with Crippen molar-refractivity contribution < 1.29 is 4.79 Å². The average Bonchev–Trinajstić information content (AvgIpc) is 3.11. The molecule has 1 aliphatic rings. The number of carbonyl (C=O) groups is 1. The van der Waals surface area contributed by atoms with Crippen molar-refractivity contribution in [2.75, 3.05) is 10.6 Å². The maximum absolute atomic E-state index is 12.1. The molecule has 2 atom stereocenters. The van der Waals surface area contributed by atoms with E-state index in [1.54, 1.807) is 6.08 Å². The minimum Gasteiger partial charge on any atom is -0.376 e. The van der Waals surface area contributed by atoms with E-state index in [1.165, 1.54) is 5.56 Å². The van der Waals surface area contributed by atoms with Gasteiger partial charge < -0.3 is 10.6 Å². The van der Waals surface area contributed by atoms with Crippen LogP contribution in [0.25, 0.3) is 11.1 Å². The van der Waals surface area contributed by atoms with Crippen LogP contribution in [0.5, 0.6) is 0 Å². The highest BCUT2D eigenvalue weighted by Crippen LogP contribution is 2.37. The lowest BCUT2D eigenvalue weighted by molar-refractivity contribution is -0.116. The first-order valence-corrected chi connectivity index (χ1v) is 9.07. The lowest BCUT2D eigenvalue weighted by Crippen LogP contribution is -2.20. The van der Waals surface area contributed by atoms with Crippen LogP contribution in [0.4, 0.5) is 11.4 Å². The van der Waals surface area contributed by atoms with Crippen molar-refractivity contribution in [2.24, 2.45) is 0 Å². The number of hydrogen-bond donors (Lipinski definition) is 2. The van der Waals surface area contributed by atoms with E-state index in [1.807, 2.05) is 53.5 Å². The molecular weight excluding hydrogens is 336 g/mol. The average molecular weight is 358 g/mol. The molecule has 0 radical (unpaired) electrons. The van der Waals surface area contributed by atoms with Crippen molar-refractivity contribution in [3.63, 3.8) is 0 Å². The lowest BCUT2D eigenvalue weighted by Gasteiger charge is -2.16. The summed E-state index contributed by atoms with van der Waals surface area (Å²) in [4.78, 5) is 12.1. The second kappa shape index (κ2) is 7.11. The van der Waals surface area contributed by atoms with Crippen LogP contribution in [0.3, 0.4) is 0 Å². The molecule has 136 valence electrons. The summed E-state index contributed by atoms with van der Waals surface area (Å²) in [5, 5.41) is 11.0. The standard InChI is InChI=1S/C22H22N4O/c1-3-18-12-21(27)25-20-11-7-10-19(22(20)24-18)17-13-23-26(14-17)15(2)16-8-5-4-6-9-16/h3-11,13-15,18,24H,1,12H2,2H3,(H,25,27)/t15-,18-/m1/s1. The van der Waals surface area contributed by atoms with Crippen LogP contribution in [-0.2, 0) is 4.79 Å². The number of anilines is 2. The Morgan fingerprint density at radius 1 is 1.22 bits per heavy atom. The second-order valence-electron chi connectivity index (χ2n) is 6.76. The van der Waals surface area contributed by atoms with E-state index in [0.717, 1.165) is 22.5 Å². The predicted octanol–water partition coefficient (Wildman–Crippen LogP) is 4.47. The molecule has 2 aromatic carbocycles. The van der Waals surface area contributed by atoms with Crippen LogP contribution in [-0.4, -0.2) is 21.7 Å². The van der Waals surface area contributed by atoms with E-state index >= 15 is 0 Å². The summed E-state index contributed by atoms with van der Waals surface area (Å²) in [6.07, 6.45) is 6.05. The molecule has 0 saturated carbocycles. The second-order valence-corrected chi connectivity index (χ2v) is 6.76. The molecule has 2 N–H and O–H groups in total. The van der Waals surface area contributed by atoms with Gasteiger partial charge in [0.05, 0.1) is 36.1 Å². The number of aromatic nitrogens is 2. The zero-order valence-corrected chi connectivity index (χ0v) is 15.2. The highest BCUT2D eigenvalue weighted by molar-refractivity contribution is 6.00. The fraction of sp³-hybridized carbons (Fsp3) is 0.182. The first-order valence-electron chi connectivity index (χ1n) is 9.07. The topological polar surface area (TPSA) is 59.0 Å². The molecule has 1 aliphatic heterocycles. The summed E-state index contributed by atoms with van der Waals surface area (Å²) >= 11 is 0. The van der Waals surface area contributed by atoms with Crippen LogP contribution in [0, 0.1) is 0 Å². The smallest absolute Gasteiger partial charge is 0.226 e. The quantitative estimate of drug-likeness (QED) is 0.677. The molecule has 1 amide bonds. The lowest BCUT2D eigenvalue weighted by atomic mass is 10.0. The fourth-order valence-electron chi connectivity index (χ4n) is 3.41. The van der Waals surface area contributed by atoms with Gasteiger partial charge in [-0.25, -0.2) is 0 Å². The van der Waals surface area contributed by atoms with Gasteiger partial charge in [-0.2, -0.15) is 5.10 Å². The summed E-state index contributed by atoms with van der Waals surface area (Å²) in [5.41, 5.74) is 4.90. The van der Waals surface area contributed by atoms with E-state index in [9.17, 15) is 4.79 Å². The number of hydrogen-bond acceptors (Lipinski definition) is 3. The van der Waals surface area contributed by atoms with Gasteiger partial charge in [0.25, 0.3) is 0 Å². The zero-order chi connectivity index (χ0) is 18.8. The van der Waals surface area contributed by atoms with E-state index in [-0.39, 0.29) is 18.0 Å². The molecule has 0 saturated heterocycles. The summed E-state index contributed by atoms with van der Waals surface area (Å²) in [6.45, 7) is 5.97. The monoisotopic (exact) mass is 358 g/mol. The van der Waals surface area contributed by atoms with Crippen molar-refractivity contribution in [3.05, 3.63) is 79.1 Å².